The number of carbonyl (C=O) groups excluding carboxylic acids is 4. The maximum absolute atomic E-state index is 12.5. The summed E-state index contributed by atoms with van der Waals surface area (Å²) in [5, 5.41) is 0. The lowest BCUT2D eigenvalue weighted by atomic mass is 10.1. The van der Waals surface area contributed by atoms with Crippen molar-refractivity contribution in [3.05, 3.63) is 23.8 Å². The van der Waals surface area contributed by atoms with E-state index in [2.05, 4.69) is 0 Å². The summed E-state index contributed by atoms with van der Waals surface area (Å²) in [5.41, 5.74) is 6.53. The van der Waals surface area contributed by atoms with E-state index in [1.54, 1.807) is 40.7 Å². The predicted octanol–water partition coefficient (Wildman–Crippen LogP) is 4.46. The molecule has 11 heteroatoms. The maximum Gasteiger partial charge on any atom is 0.514 e. The molecule has 0 fully saturated rings. The van der Waals surface area contributed by atoms with Crippen LogP contribution in [0.25, 0.3) is 0 Å². The molecule has 0 amide bonds. The number of hydrogen-bond acceptors (Lipinski definition) is 11. The largest absolute Gasteiger partial charge is 0.514 e. The predicted molar refractivity (Wildman–Crippen MR) is 133 cm³/mol. The summed E-state index contributed by atoms with van der Waals surface area (Å²) >= 11 is 0. The van der Waals surface area contributed by atoms with E-state index >= 15 is 0 Å². The molecule has 0 heterocycles. The lowest BCUT2D eigenvalue weighted by Crippen LogP contribution is -2.39. The van der Waals surface area contributed by atoms with Gasteiger partial charge in [0.15, 0.2) is 11.5 Å². The molecule has 11 nitrogen and oxygen atoms in total. The third kappa shape index (κ3) is 11.5. The number of ether oxygens (including phenoxy) is 6. The first-order chi connectivity index (χ1) is 17.4. The molecule has 0 radical (unpaired) electrons. The smallest absolute Gasteiger partial charge is 0.459 e. The monoisotopic (exact) mass is 525 g/mol. The molecule has 1 aromatic rings. The summed E-state index contributed by atoms with van der Waals surface area (Å²) in [7, 11) is 0. The third-order valence-electron chi connectivity index (χ3n) is 5.47. The van der Waals surface area contributed by atoms with Gasteiger partial charge in [0, 0.05) is 6.42 Å². The minimum atomic E-state index is -1.07. The van der Waals surface area contributed by atoms with Crippen LogP contribution in [0, 0.1) is 0 Å². The number of rotatable bonds is 13. The van der Waals surface area contributed by atoms with Crippen LogP contribution in [0.15, 0.2) is 18.2 Å². The highest BCUT2D eigenvalue weighted by Gasteiger charge is 2.25. The van der Waals surface area contributed by atoms with E-state index in [0.29, 0.717) is 18.4 Å². The summed E-state index contributed by atoms with van der Waals surface area (Å²) < 4.78 is 31.2. The topological polar surface area (TPSA) is 150 Å². The van der Waals surface area contributed by atoms with Crippen molar-refractivity contribution in [3.8, 4) is 11.5 Å². The first-order valence-corrected chi connectivity index (χ1v) is 12.4. The number of carbonyl (C=O) groups is 4. The molecule has 2 unspecified atom stereocenters. The van der Waals surface area contributed by atoms with Crippen molar-refractivity contribution in [1.82, 2.24) is 0 Å². The molecule has 0 aliphatic rings. The van der Waals surface area contributed by atoms with Crippen molar-refractivity contribution in [2.75, 3.05) is 0 Å². The maximum atomic E-state index is 12.5. The Kier molecular flexibility index (Phi) is 13.4. The minimum absolute atomic E-state index is 0.0169. The van der Waals surface area contributed by atoms with Crippen LogP contribution in [0.3, 0.4) is 0 Å². The summed E-state index contributed by atoms with van der Waals surface area (Å²) in [6, 6.07) is 3.29. The molecule has 0 saturated heterocycles. The molecule has 208 valence electrons. The highest BCUT2D eigenvalue weighted by molar-refractivity contribution is 5.76. The van der Waals surface area contributed by atoms with Crippen LogP contribution in [-0.2, 0) is 35.0 Å². The van der Waals surface area contributed by atoms with Crippen molar-refractivity contribution >= 4 is 24.2 Å². The van der Waals surface area contributed by atoms with Crippen molar-refractivity contribution < 1.29 is 47.6 Å². The standard InChI is InChI=1S/C26H39NO10/c1-8-15(4)32-25(30)36-21-12-11-19(14-22(21)37-26(31)33-16(5)9-2)13-20(27)24(29)35-18(7)17(6)34-23(28)10-3/h11-12,14-18,20H,8-10,13,27H2,1-7H3/t15?,16?,17-,18-,20-/m0/s1. The van der Waals surface area contributed by atoms with E-state index in [4.69, 9.17) is 34.2 Å². The van der Waals surface area contributed by atoms with Gasteiger partial charge >= 0.3 is 24.2 Å². The molecule has 37 heavy (non-hydrogen) atoms. The van der Waals surface area contributed by atoms with Crippen LogP contribution >= 0.6 is 0 Å². The van der Waals surface area contributed by atoms with E-state index in [1.807, 2.05) is 13.8 Å². The van der Waals surface area contributed by atoms with Gasteiger partial charge in [-0.15, -0.1) is 0 Å². The van der Waals surface area contributed by atoms with Crippen molar-refractivity contribution in [2.24, 2.45) is 5.73 Å². The number of benzene rings is 1. The van der Waals surface area contributed by atoms with Gasteiger partial charge in [-0.1, -0.05) is 26.8 Å². The second-order valence-electron chi connectivity index (χ2n) is 8.66. The molecule has 0 aliphatic heterocycles. The van der Waals surface area contributed by atoms with E-state index in [0.717, 1.165) is 0 Å². The molecule has 0 aromatic heterocycles. The molecule has 5 atom stereocenters. The highest BCUT2D eigenvalue weighted by Crippen LogP contribution is 2.30. The lowest BCUT2D eigenvalue weighted by Gasteiger charge is -2.22. The van der Waals surface area contributed by atoms with Crippen LogP contribution in [0.4, 0.5) is 9.59 Å². The van der Waals surface area contributed by atoms with Gasteiger partial charge in [-0.05, 0) is 64.7 Å². The molecular formula is C26H39NO10. The van der Waals surface area contributed by atoms with Gasteiger partial charge in [0.2, 0.25) is 0 Å². The van der Waals surface area contributed by atoms with Crippen molar-refractivity contribution in [1.29, 1.82) is 0 Å². The summed E-state index contributed by atoms with van der Waals surface area (Å²) in [4.78, 5) is 48.3. The fourth-order valence-electron chi connectivity index (χ4n) is 2.66. The average molecular weight is 526 g/mol. The Morgan fingerprint density at radius 2 is 1.27 bits per heavy atom. The fourth-order valence-corrected chi connectivity index (χ4v) is 2.66. The molecule has 2 N–H and O–H groups in total. The normalized spacial score (nSPS) is 14.8. The zero-order chi connectivity index (χ0) is 28.1. The zero-order valence-corrected chi connectivity index (χ0v) is 22.6. The van der Waals surface area contributed by atoms with Crippen LogP contribution in [-0.4, -0.2) is 54.7 Å². The van der Waals surface area contributed by atoms with Gasteiger partial charge in [0.25, 0.3) is 0 Å². The van der Waals surface area contributed by atoms with E-state index < -0.39 is 42.5 Å². The molecule has 0 saturated carbocycles. The second kappa shape index (κ2) is 15.7. The Labute approximate surface area is 217 Å². The highest BCUT2D eigenvalue weighted by atomic mass is 16.7. The van der Waals surface area contributed by atoms with Gasteiger partial charge in [-0.2, -0.15) is 0 Å². The molecular weight excluding hydrogens is 486 g/mol. The molecule has 0 bridgehead atoms. The van der Waals surface area contributed by atoms with E-state index in [9.17, 15) is 19.2 Å². The van der Waals surface area contributed by atoms with Crippen LogP contribution in [0.1, 0.15) is 73.3 Å². The molecule has 1 aromatic carbocycles. The van der Waals surface area contributed by atoms with Gasteiger partial charge < -0.3 is 34.2 Å². The quantitative estimate of drug-likeness (QED) is 0.221. The molecule has 0 spiro atoms. The number of hydrogen-bond donors (Lipinski definition) is 1. The van der Waals surface area contributed by atoms with E-state index in [-0.39, 0.29) is 36.5 Å². The van der Waals surface area contributed by atoms with Crippen molar-refractivity contribution in [2.45, 2.75) is 105 Å². The second-order valence-corrected chi connectivity index (χ2v) is 8.66. The van der Waals surface area contributed by atoms with Gasteiger partial charge in [0.05, 0.1) is 0 Å². The zero-order valence-electron chi connectivity index (χ0n) is 22.6. The Morgan fingerprint density at radius 1 is 0.757 bits per heavy atom. The minimum Gasteiger partial charge on any atom is -0.459 e. The van der Waals surface area contributed by atoms with Gasteiger partial charge in [0.1, 0.15) is 30.5 Å². The summed E-state index contributed by atoms with van der Waals surface area (Å²) in [6.45, 7) is 12.0. The van der Waals surface area contributed by atoms with Gasteiger partial charge in [-0.25, -0.2) is 9.59 Å². The molecule has 0 aliphatic carbocycles. The lowest BCUT2D eigenvalue weighted by molar-refractivity contribution is -0.166. The SMILES string of the molecule is CCC(=O)O[C@@H](C)[C@H](C)OC(=O)[C@@H](N)Cc1ccc(OC(=O)OC(C)CC)c(OC(=O)OC(C)CC)c1. The van der Waals surface area contributed by atoms with Gasteiger partial charge in [-0.3, -0.25) is 9.59 Å². The van der Waals surface area contributed by atoms with Crippen LogP contribution in [0.2, 0.25) is 0 Å². The van der Waals surface area contributed by atoms with E-state index in [1.165, 1.54) is 12.1 Å². The number of nitrogens with two attached hydrogens (primary N) is 1. The van der Waals surface area contributed by atoms with Crippen LogP contribution in [0.5, 0.6) is 11.5 Å². The Hall–Kier alpha value is -3.34. The Morgan fingerprint density at radius 3 is 1.78 bits per heavy atom. The fraction of sp³-hybridized carbons (Fsp3) is 0.615. The Balaban J connectivity index is 2.98. The number of esters is 2. The molecule has 1 rings (SSSR count). The first kappa shape index (κ1) is 31.7. The first-order valence-electron chi connectivity index (χ1n) is 12.4. The third-order valence-corrected chi connectivity index (χ3v) is 5.47. The summed E-state index contributed by atoms with van der Waals surface area (Å²) in [6.07, 6.45) is -2.68. The van der Waals surface area contributed by atoms with Crippen molar-refractivity contribution in [3.63, 3.8) is 0 Å². The Bertz CT molecular complexity index is 919. The average Bonchev–Trinajstić information content (AvgIpc) is 2.84. The van der Waals surface area contributed by atoms with Crippen LogP contribution < -0.4 is 15.2 Å². The summed E-state index contributed by atoms with van der Waals surface area (Å²) in [5.74, 6) is -1.30.